The first-order chi connectivity index (χ1) is 8.22. The number of carboxylic acids is 1. The standard InChI is InChI=1S/C12H10N2O3/c1-17-10-7-8(4-6-13-10)11-9(12(15)16)3-2-5-14-11/h2-7H,1H3,(H,15,16). The Morgan fingerprint density at radius 1 is 1.29 bits per heavy atom. The maximum Gasteiger partial charge on any atom is 0.337 e. The number of carbonyl (C=O) groups is 1. The van der Waals surface area contributed by atoms with Crippen molar-refractivity contribution in [3.05, 3.63) is 42.2 Å². The molecule has 0 radical (unpaired) electrons. The van der Waals surface area contributed by atoms with Gasteiger partial charge in [0.1, 0.15) is 0 Å². The third-order valence-electron chi connectivity index (χ3n) is 2.26. The van der Waals surface area contributed by atoms with Gasteiger partial charge < -0.3 is 9.84 Å². The molecular weight excluding hydrogens is 220 g/mol. The van der Waals surface area contributed by atoms with Crippen LogP contribution in [-0.2, 0) is 0 Å². The van der Waals surface area contributed by atoms with Crippen LogP contribution < -0.4 is 4.74 Å². The molecule has 5 nitrogen and oxygen atoms in total. The molecule has 5 heteroatoms. The second-order valence-corrected chi connectivity index (χ2v) is 3.29. The number of hydrogen-bond acceptors (Lipinski definition) is 4. The fourth-order valence-corrected chi connectivity index (χ4v) is 1.48. The summed E-state index contributed by atoms with van der Waals surface area (Å²) in [6.07, 6.45) is 3.10. The first kappa shape index (κ1) is 11.1. The van der Waals surface area contributed by atoms with E-state index in [-0.39, 0.29) is 5.56 Å². The largest absolute Gasteiger partial charge is 0.481 e. The summed E-state index contributed by atoms with van der Waals surface area (Å²) in [5.41, 5.74) is 1.22. The molecule has 0 atom stereocenters. The molecule has 0 aromatic carbocycles. The lowest BCUT2D eigenvalue weighted by atomic mass is 10.1. The molecule has 86 valence electrons. The summed E-state index contributed by atoms with van der Waals surface area (Å²) in [6, 6.07) is 6.44. The van der Waals surface area contributed by atoms with Gasteiger partial charge in [-0.3, -0.25) is 4.98 Å². The fourth-order valence-electron chi connectivity index (χ4n) is 1.48. The van der Waals surface area contributed by atoms with Crippen LogP contribution in [0.25, 0.3) is 11.3 Å². The predicted octanol–water partition coefficient (Wildman–Crippen LogP) is 1.85. The van der Waals surface area contributed by atoms with Gasteiger partial charge in [0.25, 0.3) is 0 Å². The highest BCUT2D eigenvalue weighted by Gasteiger charge is 2.12. The lowest BCUT2D eigenvalue weighted by molar-refractivity contribution is 0.0697. The van der Waals surface area contributed by atoms with E-state index in [1.165, 1.54) is 13.2 Å². The topological polar surface area (TPSA) is 72.3 Å². The van der Waals surface area contributed by atoms with Gasteiger partial charge >= 0.3 is 5.97 Å². The van der Waals surface area contributed by atoms with Crippen molar-refractivity contribution in [3.8, 4) is 17.1 Å². The molecule has 17 heavy (non-hydrogen) atoms. The first-order valence-corrected chi connectivity index (χ1v) is 4.91. The molecule has 1 N–H and O–H groups in total. The minimum Gasteiger partial charge on any atom is -0.481 e. The summed E-state index contributed by atoms with van der Waals surface area (Å²) < 4.78 is 4.99. The number of aromatic carboxylic acids is 1. The van der Waals surface area contributed by atoms with Crippen LogP contribution in [0.2, 0.25) is 0 Å². The molecule has 2 heterocycles. The van der Waals surface area contributed by atoms with Crippen LogP contribution in [0, 0.1) is 0 Å². The van der Waals surface area contributed by atoms with Crippen LogP contribution in [0.15, 0.2) is 36.7 Å². The molecule has 0 aliphatic carbocycles. The van der Waals surface area contributed by atoms with E-state index < -0.39 is 5.97 Å². The van der Waals surface area contributed by atoms with Crippen molar-refractivity contribution in [2.45, 2.75) is 0 Å². The lowest BCUT2D eigenvalue weighted by Crippen LogP contribution is -2.01. The van der Waals surface area contributed by atoms with E-state index in [0.29, 0.717) is 17.1 Å². The van der Waals surface area contributed by atoms with Gasteiger partial charge in [0.2, 0.25) is 5.88 Å². The predicted molar refractivity (Wildman–Crippen MR) is 61.0 cm³/mol. The smallest absolute Gasteiger partial charge is 0.337 e. The maximum atomic E-state index is 11.1. The van der Waals surface area contributed by atoms with Gasteiger partial charge in [0.15, 0.2) is 0 Å². The van der Waals surface area contributed by atoms with Gasteiger partial charge in [-0.1, -0.05) is 0 Å². The molecule has 2 aromatic rings. The Bertz CT molecular complexity index is 555. The molecule has 0 amide bonds. The number of rotatable bonds is 3. The molecular formula is C12H10N2O3. The van der Waals surface area contributed by atoms with Gasteiger partial charge in [0, 0.05) is 24.0 Å². The van der Waals surface area contributed by atoms with Crippen molar-refractivity contribution in [1.82, 2.24) is 9.97 Å². The molecule has 2 rings (SSSR count). The zero-order valence-corrected chi connectivity index (χ0v) is 9.12. The molecule has 0 spiro atoms. The summed E-state index contributed by atoms with van der Waals surface area (Å²) in [5.74, 6) is -0.589. The Balaban J connectivity index is 2.56. The summed E-state index contributed by atoms with van der Waals surface area (Å²) in [5, 5.41) is 9.07. The number of aromatic nitrogens is 2. The molecule has 0 aliphatic rings. The second-order valence-electron chi connectivity index (χ2n) is 3.29. The van der Waals surface area contributed by atoms with Crippen molar-refractivity contribution in [2.75, 3.05) is 7.11 Å². The van der Waals surface area contributed by atoms with Crippen molar-refractivity contribution < 1.29 is 14.6 Å². The van der Waals surface area contributed by atoms with Crippen LogP contribution >= 0.6 is 0 Å². The SMILES string of the molecule is COc1cc(-c2ncccc2C(=O)O)ccn1. The highest BCUT2D eigenvalue weighted by molar-refractivity contribution is 5.94. The van der Waals surface area contributed by atoms with Crippen LogP contribution in [0.5, 0.6) is 5.88 Å². The maximum absolute atomic E-state index is 11.1. The Morgan fingerprint density at radius 2 is 2.12 bits per heavy atom. The Labute approximate surface area is 97.7 Å². The molecule has 2 aromatic heterocycles. The summed E-state index contributed by atoms with van der Waals surface area (Å²) in [4.78, 5) is 19.1. The van der Waals surface area contributed by atoms with Gasteiger partial charge in [0.05, 0.1) is 18.4 Å². The van der Waals surface area contributed by atoms with Crippen molar-refractivity contribution in [3.63, 3.8) is 0 Å². The molecule has 0 unspecified atom stereocenters. The zero-order valence-electron chi connectivity index (χ0n) is 9.12. The molecule has 0 saturated carbocycles. The zero-order chi connectivity index (χ0) is 12.3. The van der Waals surface area contributed by atoms with E-state index in [1.807, 2.05) is 0 Å². The van der Waals surface area contributed by atoms with Crippen LogP contribution in [0.3, 0.4) is 0 Å². The normalized spacial score (nSPS) is 9.94. The van der Waals surface area contributed by atoms with Crippen molar-refractivity contribution in [1.29, 1.82) is 0 Å². The number of ether oxygens (including phenoxy) is 1. The second kappa shape index (κ2) is 4.61. The minimum absolute atomic E-state index is 0.153. The molecule has 0 bridgehead atoms. The van der Waals surface area contributed by atoms with E-state index in [9.17, 15) is 4.79 Å². The van der Waals surface area contributed by atoms with Crippen molar-refractivity contribution >= 4 is 5.97 Å². The number of methoxy groups -OCH3 is 1. The third-order valence-corrected chi connectivity index (χ3v) is 2.26. The molecule has 0 fully saturated rings. The average Bonchev–Trinajstić information content (AvgIpc) is 2.39. The average molecular weight is 230 g/mol. The fraction of sp³-hybridized carbons (Fsp3) is 0.0833. The number of pyridine rings is 2. The van der Waals surface area contributed by atoms with Gasteiger partial charge in [-0.25, -0.2) is 9.78 Å². The highest BCUT2D eigenvalue weighted by Crippen LogP contribution is 2.23. The highest BCUT2D eigenvalue weighted by atomic mass is 16.5. The first-order valence-electron chi connectivity index (χ1n) is 4.91. The Morgan fingerprint density at radius 3 is 2.82 bits per heavy atom. The van der Waals surface area contributed by atoms with E-state index in [0.717, 1.165) is 0 Å². The van der Waals surface area contributed by atoms with E-state index in [2.05, 4.69) is 9.97 Å². The van der Waals surface area contributed by atoms with Crippen LogP contribution in [0.4, 0.5) is 0 Å². The number of hydrogen-bond donors (Lipinski definition) is 1. The van der Waals surface area contributed by atoms with E-state index in [4.69, 9.17) is 9.84 Å². The minimum atomic E-state index is -1.01. The lowest BCUT2D eigenvalue weighted by Gasteiger charge is -2.05. The van der Waals surface area contributed by atoms with E-state index in [1.54, 1.807) is 30.6 Å². The Kier molecular flexibility index (Phi) is 3.00. The number of nitrogens with zero attached hydrogens (tertiary/aromatic N) is 2. The number of carboxylic acid groups (broad SMARTS) is 1. The molecule has 0 aliphatic heterocycles. The third kappa shape index (κ3) is 2.23. The quantitative estimate of drug-likeness (QED) is 0.871. The van der Waals surface area contributed by atoms with Gasteiger partial charge in [-0.2, -0.15) is 0 Å². The van der Waals surface area contributed by atoms with Crippen LogP contribution in [-0.4, -0.2) is 28.2 Å². The molecule has 0 saturated heterocycles. The van der Waals surface area contributed by atoms with Gasteiger partial charge in [-0.05, 0) is 18.2 Å². The van der Waals surface area contributed by atoms with E-state index >= 15 is 0 Å². The summed E-state index contributed by atoms with van der Waals surface area (Å²) >= 11 is 0. The summed E-state index contributed by atoms with van der Waals surface area (Å²) in [7, 11) is 1.50. The monoisotopic (exact) mass is 230 g/mol. The Hall–Kier alpha value is -2.43. The van der Waals surface area contributed by atoms with Crippen LogP contribution in [0.1, 0.15) is 10.4 Å². The van der Waals surface area contributed by atoms with Crippen molar-refractivity contribution in [2.24, 2.45) is 0 Å². The van der Waals surface area contributed by atoms with Gasteiger partial charge in [-0.15, -0.1) is 0 Å². The summed E-state index contributed by atoms with van der Waals surface area (Å²) in [6.45, 7) is 0.